The van der Waals surface area contributed by atoms with E-state index in [0.717, 1.165) is 31.2 Å². The summed E-state index contributed by atoms with van der Waals surface area (Å²) in [4.78, 5) is 35.1. The van der Waals surface area contributed by atoms with Gasteiger partial charge >= 0.3 is 0 Å². The molecule has 30 heavy (non-hydrogen) atoms. The SMILES string of the molecule is C#Cc1cnc(N[C@@H]2CCC[C@H](N3Cc4ccc(NC(=O)C=C)cc4C3=O)C2)nc1. The molecule has 0 radical (unpaired) electrons. The summed E-state index contributed by atoms with van der Waals surface area (Å²) in [5.41, 5.74) is 2.88. The molecule has 2 aliphatic rings. The van der Waals surface area contributed by atoms with Gasteiger partial charge in [0, 0.05) is 42.3 Å². The number of carbonyl (C=O) groups is 2. The van der Waals surface area contributed by atoms with Gasteiger partial charge in [-0.05, 0) is 49.5 Å². The maximum absolute atomic E-state index is 13.1. The van der Waals surface area contributed by atoms with Gasteiger partial charge < -0.3 is 15.5 Å². The van der Waals surface area contributed by atoms with Crippen LogP contribution in [0, 0.1) is 12.3 Å². The number of carbonyl (C=O) groups excluding carboxylic acids is 2. The van der Waals surface area contributed by atoms with Gasteiger partial charge in [0.15, 0.2) is 0 Å². The number of terminal acetylenes is 1. The summed E-state index contributed by atoms with van der Waals surface area (Å²) in [6.45, 7) is 4.04. The molecule has 1 fully saturated rings. The number of aromatic nitrogens is 2. The molecule has 2 amide bonds. The van der Waals surface area contributed by atoms with Crippen molar-refractivity contribution in [3.05, 3.63) is 59.9 Å². The molecular weight excluding hydrogens is 378 g/mol. The molecular formula is C23H23N5O2. The van der Waals surface area contributed by atoms with E-state index in [1.807, 2.05) is 17.0 Å². The minimum absolute atomic E-state index is 0.0139. The Labute approximate surface area is 175 Å². The third-order valence-corrected chi connectivity index (χ3v) is 5.63. The average Bonchev–Trinajstić information content (AvgIpc) is 3.10. The van der Waals surface area contributed by atoms with Crippen molar-refractivity contribution in [3.63, 3.8) is 0 Å². The van der Waals surface area contributed by atoms with E-state index in [1.165, 1.54) is 6.08 Å². The van der Waals surface area contributed by atoms with E-state index in [4.69, 9.17) is 6.42 Å². The van der Waals surface area contributed by atoms with Gasteiger partial charge in [0.05, 0.1) is 5.56 Å². The van der Waals surface area contributed by atoms with Crippen LogP contribution in [0.5, 0.6) is 0 Å². The van der Waals surface area contributed by atoms with Crippen LogP contribution < -0.4 is 10.6 Å². The quantitative estimate of drug-likeness (QED) is 0.594. The summed E-state index contributed by atoms with van der Waals surface area (Å²) in [5, 5.41) is 6.09. The molecule has 1 aliphatic carbocycles. The molecule has 0 spiro atoms. The monoisotopic (exact) mass is 401 g/mol. The summed E-state index contributed by atoms with van der Waals surface area (Å²) in [5.74, 6) is 2.78. The van der Waals surface area contributed by atoms with Crippen molar-refractivity contribution in [2.24, 2.45) is 0 Å². The first-order chi connectivity index (χ1) is 14.6. The Morgan fingerprint density at radius 2 is 2.10 bits per heavy atom. The summed E-state index contributed by atoms with van der Waals surface area (Å²) in [6, 6.07) is 5.82. The van der Waals surface area contributed by atoms with Crippen molar-refractivity contribution in [1.29, 1.82) is 0 Å². The summed E-state index contributed by atoms with van der Waals surface area (Å²) >= 11 is 0. The van der Waals surface area contributed by atoms with Crippen LogP contribution in [0.25, 0.3) is 0 Å². The third kappa shape index (κ3) is 4.03. The Balaban J connectivity index is 1.43. The highest BCUT2D eigenvalue weighted by Gasteiger charge is 2.35. The number of nitrogens with zero attached hydrogens (tertiary/aromatic N) is 3. The maximum Gasteiger partial charge on any atom is 0.254 e. The fourth-order valence-corrected chi connectivity index (χ4v) is 4.13. The molecule has 1 saturated carbocycles. The standard InChI is InChI=1S/C23H23N5O2/c1-3-15-12-24-23(25-13-15)27-17-6-5-7-19(10-17)28-14-16-8-9-18(26-21(29)4-2)11-20(16)22(28)30/h1,4,8-9,11-13,17,19H,2,5-7,10,14H2,(H,26,29)(H,24,25,27)/t17-,19+/m1/s1. The molecule has 2 N–H and O–H groups in total. The zero-order chi connectivity index (χ0) is 21.1. The van der Waals surface area contributed by atoms with Gasteiger partial charge in [-0.15, -0.1) is 6.42 Å². The number of hydrogen-bond donors (Lipinski definition) is 2. The predicted octanol–water partition coefficient (Wildman–Crippen LogP) is 2.96. The fourth-order valence-electron chi connectivity index (χ4n) is 4.13. The molecule has 7 nitrogen and oxygen atoms in total. The Morgan fingerprint density at radius 3 is 2.83 bits per heavy atom. The van der Waals surface area contributed by atoms with Crippen molar-refractivity contribution in [2.75, 3.05) is 10.6 Å². The second-order valence-electron chi connectivity index (χ2n) is 7.60. The lowest BCUT2D eigenvalue weighted by atomic mass is 9.90. The van der Waals surface area contributed by atoms with Gasteiger partial charge in [0.1, 0.15) is 0 Å². The Morgan fingerprint density at radius 1 is 1.30 bits per heavy atom. The number of rotatable bonds is 5. The number of hydrogen-bond acceptors (Lipinski definition) is 5. The molecule has 152 valence electrons. The molecule has 2 heterocycles. The zero-order valence-electron chi connectivity index (χ0n) is 16.6. The fraction of sp³-hybridized carbons (Fsp3) is 0.304. The zero-order valence-corrected chi connectivity index (χ0v) is 16.6. The van der Waals surface area contributed by atoms with Gasteiger partial charge in [-0.25, -0.2) is 9.97 Å². The lowest BCUT2D eigenvalue weighted by molar-refractivity contribution is -0.111. The molecule has 2 atom stereocenters. The lowest BCUT2D eigenvalue weighted by Gasteiger charge is -2.35. The molecule has 0 bridgehead atoms. The maximum atomic E-state index is 13.1. The van der Waals surface area contributed by atoms with Crippen molar-refractivity contribution in [2.45, 2.75) is 44.3 Å². The highest BCUT2D eigenvalue weighted by atomic mass is 16.2. The van der Waals surface area contributed by atoms with Crippen molar-refractivity contribution in [3.8, 4) is 12.3 Å². The third-order valence-electron chi connectivity index (χ3n) is 5.63. The van der Waals surface area contributed by atoms with Gasteiger partial charge in [-0.2, -0.15) is 0 Å². The largest absolute Gasteiger partial charge is 0.351 e. The normalized spacial score (nSPS) is 20.2. The smallest absolute Gasteiger partial charge is 0.254 e. The number of nitrogens with one attached hydrogen (secondary N) is 2. The molecule has 7 heteroatoms. The van der Waals surface area contributed by atoms with E-state index in [0.29, 0.717) is 29.3 Å². The van der Waals surface area contributed by atoms with Gasteiger partial charge in [0.25, 0.3) is 5.91 Å². The van der Waals surface area contributed by atoms with Gasteiger partial charge in [0.2, 0.25) is 11.9 Å². The summed E-state index contributed by atoms with van der Waals surface area (Å²) in [6.07, 6.45) is 13.6. The van der Waals surface area contributed by atoms with Crippen LogP contribution in [0.2, 0.25) is 0 Å². The molecule has 1 aromatic carbocycles. The van der Waals surface area contributed by atoms with E-state index in [1.54, 1.807) is 18.5 Å². The van der Waals surface area contributed by atoms with Crippen LogP contribution in [0.1, 0.15) is 47.2 Å². The predicted molar refractivity (Wildman–Crippen MR) is 115 cm³/mol. The van der Waals surface area contributed by atoms with E-state index in [-0.39, 0.29) is 23.9 Å². The van der Waals surface area contributed by atoms with Crippen LogP contribution in [0.15, 0.2) is 43.2 Å². The van der Waals surface area contributed by atoms with E-state index >= 15 is 0 Å². The van der Waals surface area contributed by atoms with Gasteiger partial charge in [-0.1, -0.05) is 18.6 Å². The molecule has 4 rings (SSSR count). The molecule has 2 aromatic rings. The first kappa shape index (κ1) is 19.6. The Hall–Kier alpha value is -3.66. The molecule has 1 aliphatic heterocycles. The topological polar surface area (TPSA) is 87.2 Å². The lowest BCUT2D eigenvalue weighted by Crippen LogP contribution is -2.42. The van der Waals surface area contributed by atoms with E-state index < -0.39 is 0 Å². The molecule has 0 unspecified atom stereocenters. The Kier molecular flexibility index (Phi) is 5.48. The van der Waals surface area contributed by atoms with Crippen molar-refractivity contribution in [1.82, 2.24) is 14.9 Å². The summed E-state index contributed by atoms with van der Waals surface area (Å²) < 4.78 is 0. The van der Waals surface area contributed by atoms with Crippen LogP contribution in [0.3, 0.4) is 0 Å². The highest BCUT2D eigenvalue weighted by molar-refractivity contribution is 6.02. The average molecular weight is 401 g/mol. The second kappa shape index (κ2) is 8.37. The van der Waals surface area contributed by atoms with Crippen LogP contribution >= 0.6 is 0 Å². The van der Waals surface area contributed by atoms with Crippen LogP contribution in [-0.4, -0.2) is 38.8 Å². The first-order valence-electron chi connectivity index (χ1n) is 10.00. The second-order valence-corrected chi connectivity index (χ2v) is 7.60. The van der Waals surface area contributed by atoms with E-state index in [9.17, 15) is 9.59 Å². The minimum atomic E-state index is -0.295. The summed E-state index contributed by atoms with van der Waals surface area (Å²) in [7, 11) is 0. The number of fused-ring (bicyclic) bond motifs is 1. The number of anilines is 2. The molecule has 1 aromatic heterocycles. The van der Waals surface area contributed by atoms with Crippen molar-refractivity contribution >= 4 is 23.5 Å². The van der Waals surface area contributed by atoms with Crippen molar-refractivity contribution < 1.29 is 9.59 Å². The first-order valence-corrected chi connectivity index (χ1v) is 10.00. The van der Waals surface area contributed by atoms with Crippen LogP contribution in [0.4, 0.5) is 11.6 Å². The number of amides is 2. The number of benzene rings is 1. The minimum Gasteiger partial charge on any atom is -0.351 e. The van der Waals surface area contributed by atoms with Gasteiger partial charge in [-0.3, -0.25) is 9.59 Å². The Bertz CT molecular complexity index is 1020. The van der Waals surface area contributed by atoms with Crippen LogP contribution in [-0.2, 0) is 11.3 Å². The highest BCUT2D eigenvalue weighted by Crippen LogP contribution is 2.33. The van der Waals surface area contributed by atoms with E-state index in [2.05, 4.69) is 33.1 Å². The molecule has 0 saturated heterocycles.